The van der Waals surface area contributed by atoms with Crippen LogP contribution in [-0.2, 0) is 0 Å². The van der Waals surface area contributed by atoms with Gasteiger partial charge in [0.2, 0.25) is 0 Å². The van der Waals surface area contributed by atoms with Gasteiger partial charge in [0.25, 0.3) is 0 Å². The van der Waals surface area contributed by atoms with Gasteiger partial charge >= 0.3 is 0 Å². The topological polar surface area (TPSA) is 0 Å². The Labute approximate surface area is 86.8 Å². The lowest BCUT2D eigenvalue weighted by molar-refractivity contribution is 0.0900. The van der Waals surface area contributed by atoms with Crippen LogP contribution in [0.3, 0.4) is 0 Å². The molecule has 0 aliphatic heterocycles. The summed E-state index contributed by atoms with van der Waals surface area (Å²) in [5.41, 5.74) is 0.671. The lowest BCUT2D eigenvalue weighted by Gasteiger charge is -2.41. The molecule has 4 aliphatic rings. The van der Waals surface area contributed by atoms with Gasteiger partial charge in [-0.2, -0.15) is 0 Å². The van der Waals surface area contributed by atoms with E-state index in [1.807, 2.05) is 0 Å². The fourth-order valence-corrected chi connectivity index (χ4v) is 5.66. The van der Waals surface area contributed by atoms with Crippen molar-refractivity contribution in [2.45, 2.75) is 33.1 Å². The van der Waals surface area contributed by atoms with Crippen LogP contribution in [0.5, 0.6) is 0 Å². The minimum absolute atomic E-state index is 0.671. The van der Waals surface area contributed by atoms with Crippen LogP contribution < -0.4 is 0 Å². The molecule has 3 fully saturated rings. The highest BCUT2D eigenvalue weighted by Crippen LogP contribution is 2.70. The van der Waals surface area contributed by atoms with E-state index in [1.165, 1.54) is 12.8 Å². The van der Waals surface area contributed by atoms with Gasteiger partial charge in [-0.15, -0.1) is 0 Å². The Hall–Kier alpha value is -0.260. The fourth-order valence-electron chi connectivity index (χ4n) is 5.66. The first-order valence-corrected chi connectivity index (χ1v) is 6.35. The van der Waals surface area contributed by atoms with E-state index >= 15 is 0 Å². The predicted molar refractivity (Wildman–Crippen MR) is 57.7 cm³/mol. The third kappa shape index (κ3) is 0.708. The maximum atomic E-state index is 2.54. The van der Waals surface area contributed by atoms with Crippen molar-refractivity contribution < 1.29 is 0 Å². The summed E-state index contributed by atoms with van der Waals surface area (Å²) in [6.45, 7) is 5.03. The Morgan fingerprint density at radius 1 is 1.00 bits per heavy atom. The van der Waals surface area contributed by atoms with Crippen molar-refractivity contribution in [2.75, 3.05) is 0 Å². The third-order valence-electron chi connectivity index (χ3n) is 5.94. The molecular formula is C14H20. The van der Waals surface area contributed by atoms with Gasteiger partial charge in [0.15, 0.2) is 0 Å². The maximum Gasteiger partial charge on any atom is -0.0194 e. The molecule has 0 aromatic carbocycles. The zero-order valence-electron chi connectivity index (χ0n) is 9.24. The SMILES string of the molecule is CC1(C)CC2CC1C1C3C=CC(C3)C21. The number of hydrogen-bond acceptors (Lipinski definition) is 0. The summed E-state index contributed by atoms with van der Waals surface area (Å²) >= 11 is 0. The van der Waals surface area contributed by atoms with Crippen LogP contribution in [0.15, 0.2) is 12.2 Å². The van der Waals surface area contributed by atoms with Crippen LogP contribution in [0.4, 0.5) is 0 Å². The van der Waals surface area contributed by atoms with Gasteiger partial charge in [0.1, 0.15) is 0 Å². The lowest BCUT2D eigenvalue weighted by atomic mass is 9.64. The van der Waals surface area contributed by atoms with Crippen LogP contribution in [0.2, 0.25) is 0 Å². The number of rotatable bonds is 0. The Morgan fingerprint density at radius 2 is 1.71 bits per heavy atom. The summed E-state index contributed by atoms with van der Waals surface area (Å²) in [5, 5.41) is 0. The van der Waals surface area contributed by atoms with Crippen molar-refractivity contribution in [2.24, 2.45) is 40.9 Å². The van der Waals surface area contributed by atoms with Crippen molar-refractivity contribution in [1.82, 2.24) is 0 Å². The molecule has 0 saturated heterocycles. The monoisotopic (exact) mass is 188 g/mol. The van der Waals surface area contributed by atoms with Crippen molar-refractivity contribution in [1.29, 1.82) is 0 Å². The van der Waals surface area contributed by atoms with Gasteiger partial charge < -0.3 is 0 Å². The molecule has 6 unspecified atom stereocenters. The molecular weight excluding hydrogens is 168 g/mol. The molecule has 0 aromatic rings. The van der Waals surface area contributed by atoms with E-state index in [0.717, 1.165) is 35.5 Å². The van der Waals surface area contributed by atoms with E-state index in [2.05, 4.69) is 26.0 Å². The van der Waals surface area contributed by atoms with Crippen molar-refractivity contribution in [3.63, 3.8) is 0 Å². The average molecular weight is 188 g/mol. The predicted octanol–water partition coefficient (Wildman–Crippen LogP) is 3.49. The molecule has 0 amide bonds. The van der Waals surface area contributed by atoms with E-state index in [0.29, 0.717) is 5.41 Å². The van der Waals surface area contributed by atoms with Crippen LogP contribution >= 0.6 is 0 Å². The third-order valence-corrected chi connectivity index (χ3v) is 5.94. The Morgan fingerprint density at radius 3 is 2.50 bits per heavy atom. The highest BCUT2D eigenvalue weighted by Gasteiger charge is 2.62. The van der Waals surface area contributed by atoms with Gasteiger partial charge in [-0.3, -0.25) is 0 Å². The molecule has 0 spiro atoms. The van der Waals surface area contributed by atoms with Crippen molar-refractivity contribution >= 4 is 0 Å². The molecule has 4 rings (SSSR count). The van der Waals surface area contributed by atoms with Crippen LogP contribution in [-0.4, -0.2) is 0 Å². The molecule has 4 bridgehead atoms. The standard InChI is InChI=1S/C14H20/c1-14(2)7-10-6-11(14)13-9-4-3-8(5-9)12(10)13/h3-4,8-13H,5-7H2,1-2H3. The van der Waals surface area contributed by atoms with Gasteiger partial charge in [0.05, 0.1) is 0 Å². The maximum absolute atomic E-state index is 2.54. The van der Waals surface area contributed by atoms with Crippen molar-refractivity contribution in [3.8, 4) is 0 Å². The first-order chi connectivity index (χ1) is 6.67. The Bertz CT molecular complexity index is 312. The minimum Gasteiger partial charge on any atom is -0.0848 e. The fraction of sp³-hybridized carbons (Fsp3) is 0.857. The summed E-state index contributed by atoms with van der Waals surface area (Å²) in [7, 11) is 0. The summed E-state index contributed by atoms with van der Waals surface area (Å²) in [4.78, 5) is 0. The molecule has 4 aliphatic carbocycles. The van der Waals surface area contributed by atoms with Gasteiger partial charge in [0, 0.05) is 0 Å². The van der Waals surface area contributed by atoms with Gasteiger partial charge in [-0.25, -0.2) is 0 Å². The summed E-state index contributed by atoms with van der Waals surface area (Å²) in [6.07, 6.45) is 9.69. The molecule has 76 valence electrons. The molecule has 0 heteroatoms. The smallest absolute Gasteiger partial charge is 0.0194 e. The van der Waals surface area contributed by atoms with Gasteiger partial charge in [-0.05, 0) is 60.2 Å². The molecule has 14 heavy (non-hydrogen) atoms. The van der Waals surface area contributed by atoms with E-state index in [4.69, 9.17) is 0 Å². The quantitative estimate of drug-likeness (QED) is 0.403. The highest BCUT2D eigenvalue weighted by atomic mass is 14.7. The number of fused-ring (bicyclic) bond motifs is 9. The zero-order valence-corrected chi connectivity index (χ0v) is 9.24. The first kappa shape index (κ1) is 7.96. The highest BCUT2D eigenvalue weighted by molar-refractivity contribution is 5.21. The summed E-state index contributed by atoms with van der Waals surface area (Å²) in [5.74, 6) is 6.36. The normalized spacial score (nSPS) is 61.0. The minimum atomic E-state index is 0.671. The molecule has 0 heterocycles. The van der Waals surface area contributed by atoms with Gasteiger partial charge in [-0.1, -0.05) is 26.0 Å². The van der Waals surface area contributed by atoms with E-state index < -0.39 is 0 Å². The molecule has 0 aromatic heterocycles. The lowest BCUT2D eigenvalue weighted by Crippen LogP contribution is -2.35. The summed E-state index contributed by atoms with van der Waals surface area (Å²) in [6, 6.07) is 0. The van der Waals surface area contributed by atoms with Crippen molar-refractivity contribution in [3.05, 3.63) is 12.2 Å². The second-order valence-electron chi connectivity index (χ2n) is 6.90. The Kier molecular flexibility index (Phi) is 1.21. The molecule has 0 N–H and O–H groups in total. The van der Waals surface area contributed by atoms with Crippen LogP contribution in [0.25, 0.3) is 0 Å². The largest absolute Gasteiger partial charge is 0.0848 e. The average Bonchev–Trinajstić information content (AvgIpc) is 2.73. The molecule has 0 nitrogen and oxygen atoms in total. The first-order valence-electron chi connectivity index (χ1n) is 6.35. The number of allylic oxidation sites excluding steroid dienone is 2. The van der Waals surface area contributed by atoms with E-state index in [1.54, 1.807) is 6.42 Å². The Balaban J connectivity index is 1.79. The van der Waals surface area contributed by atoms with Crippen LogP contribution in [0, 0.1) is 40.9 Å². The van der Waals surface area contributed by atoms with E-state index in [9.17, 15) is 0 Å². The summed E-state index contributed by atoms with van der Waals surface area (Å²) < 4.78 is 0. The van der Waals surface area contributed by atoms with E-state index in [-0.39, 0.29) is 0 Å². The molecule has 0 radical (unpaired) electrons. The second-order valence-corrected chi connectivity index (χ2v) is 6.90. The zero-order chi connectivity index (χ0) is 9.50. The molecule has 3 saturated carbocycles. The number of hydrogen-bond donors (Lipinski definition) is 0. The second kappa shape index (κ2) is 2.13. The van der Waals surface area contributed by atoms with Crippen LogP contribution in [0.1, 0.15) is 33.1 Å². The molecule has 6 atom stereocenters.